The summed E-state index contributed by atoms with van der Waals surface area (Å²) in [5.74, 6) is 1.74. The molecule has 9 N–H and O–H groups in total. The fraction of sp³-hybridized carbons (Fsp3) is 0.368. The van der Waals surface area contributed by atoms with Gasteiger partial charge >= 0.3 is 0 Å². The van der Waals surface area contributed by atoms with E-state index in [1.54, 1.807) is 36.7 Å². The van der Waals surface area contributed by atoms with E-state index in [4.69, 9.17) is 31.4 Å². The van der Waals surface area contributed by atoms with Crippen molar-refractivity contribution in [3.8, 4) is 34.0 Å². The number of anilines is 6. The monoisotopic (exact) mass is 1560 g/mol. The van der Waals surface area contributed by atoms with Crippen LogP contribution in [-0.4, -0.2) is 189 Å². The normalized spacial score (nSPS) is 19.1. The Bertz CT molecular complexity index is 5560. The molecule has 8 aromatic heterocycles. The number of fused-ring (bicyclic) bond motifs is 10. The number of aromatic nitrogens is 12. The molecule has 14 heterocycles. The molecule has 116 heavy (non-hydrogen) atoms. The first-order valence-electron chi connectivity index (χ1n) is 39.8. The number of piperidine rings is 2. The second-order valence-corrected chi connectivity index (χ2v) is 30.8. The molecule has 4 amide bonds. The summed E-state index contributed by atoms with van der Waals surface area (Å²) in [6, 6.07) is 38.8. The van der Waals surface area contributed by atoms with Crippen molar-refractivity contribution in [2.24, 2.45) is 0 Å². The second kappa shape index (κ2) is 35.0. The predicted octanol–water partition coefficient (Wildman–Crippen LogP) is 10.2. The third kappa shape index (κ3) is 16.6. The molecule has 0 saturated carbocycles. The SMILES string of the molecule is C.CN(CCCc1cnc(N2C3CCC2CN(c2cc(-c4ccccc4O)nnc2N)C3)nc1)CCCc1ccc2c(c1)c1cccnc1n2C1CCC(=O)NC1=O.CNCCCc1cnc(N2C3CCC2CN(c2cc(-c4ccccc4O)nnc2N)C3)nc1.O=CCCc1ccc2c(c1)c1cccnc1n2C1CCC(=O)NC1=O. The van der Waals surface area contributed by atoms with Crippen LogP contribution in [-0.2, 0) is 49.7 Å². The summed E-state index contributed by atoms with van der Waals surface area (Å²) in [4.78, 5) is 99.1. The lowest BCUT2D eigenvalue weighted by Gasteiger charge is -2.42. The van der Waals surface area contributed by atoms with E-state index in [-0.39, 0.29) is 54.6 Å². The summed E-state index contributed by atoms with van der Waals surface area (Å²) in [5, 5.41) is 49.7. The van der Waals surface area contributed by atoms with Gasteiger partial charge in [-0.1, -0.05) is 43.8 Å². The Morgan fingerprint density at radius 3 is 1.34 bits per heavy atom. The minimum atomic E-state index is -0.455. The lowest BCUT2D eigenvalue weighted by atomic mass is 10.0. The van der Waals surface area contributed by atoms with Crippen LogP contribution in [0.2, 0.25) is 0 Å². The van der Waals surface area contributed by atoms with E-state index in [2.05, 4.69) is 108 Å². The van der Waals surface area contributed by atoms with E-state index in [1.807, 2.05) is 108 Å². The Morgan fingerprint density at radius 1 is 0.500 bits per heavy atom. The lowest BCUT2D eigenvalue weighted by molar-refractivity contribution is -0.137. The number of piperazine rings is 2. The Hall–Kier alpha value is -12.6. The maximum Gasteiger partial charge on any atom is 0.249 e. The van der Waals surface area contributed by atoms with Crippen LogP contribution in [0.3, 0.4) is 0 Å². The first-order chi connectivity index (χ1) is 56.1. The third-order valence-corrected chi connectivity index (χ3v) is 23.2. The number of benzene rings is 4. The van der Waals surface area contributed by atoms with E-state index in [9.17, 15) is 34.2 Å². The average Bonchev–Trinajstić information content (AvgIpc) is 1.60. The molecule has 12 aromatic rings. The van der Waals surface area contributed by atoms with Gasteiger partial charge in [0.25, 0.3) is 0 Å². The minimum absolute atomic E-state index is 0. The number of rotatable bonds is 23. The van der Waals surface area contributed by atoms with Crippen LogP contribution in [0.5, 0.6) is 11.5 Å². The van der Waals surface area contributed by atoms with Crippen molar-refractivity contribution in [2.45, 2.75) is 146 Å². The highest BCUT2D eigenvalue weighted by Crippen LogP contribution is 2.42. The molecule has 6 atom stereocenters. The molecule has 598 valence electrons. The van der Waals surface area contributed by atoms with Crippen molar-refractivity contribution in [3.63, 3.8) is 0 Å². The smallest absolute Gasteiger partial charge is 0.249 e. The van der Waals surface area contributed by atoms with Crippen LogP contribution < -0.4 is 47.0 Å². The number of para-hydroxylation sites is 2. The molecule has 0 spiro atoms. The predicted molar refractivity (Wildman–Crippen MR) is 449 cm³/mol. The van der Waals surface area contributed by atoms with E-state index in [0.717, 1.165) is 195 Å². The summed E-state index contributed by atoms with van der Waals surface area (Å²) in [6.45, 7) is 6.16. The number of hydrogen-bond acceptors (Lipinski definition) is 25. The number of aldehydes is 1. The number of hydrogen-bond donors (Lipinski definition) is 7. The zero-order valence-electron chi connectivity index (χ0n) is 64.5. The van der Waals surface area contributed by atoms with Gasteiger partial charge in [-0.3, -0.25) is 29.8 Å². The van der Waals surface area contributed by atoms with Gasteiger partial charge in [0, 0.05) is 139 Å². The summed E-state index contributed by atoms with van der Waals surface area (Å²) >= 11 is 0. The Labute approximate surface area is 672 Å². The lowest BCUT2D eigenvalue weighted by Crippen LogP contribution is -2.54. The number of phenols is 2. The molecule has 6 fully saturated rings. The fourth-order valence-corrected chi connectivity index (χ4v) is 17.6. The standard InChI is InChI=1S/C43H47N11O3.C24H30N8O.C19H17N3O3.CH4/c1-51(19-5-7-27-12-15-35-33(21-27)31-10-4-18-45-41(31)54(35)36-16-17-39(56)48-42(36)57)20-6-8-28-23-46-43(47-24-28)53-29-13-14-30(53)26-52(25-29)37-22-34(49-50-40(37)44)32-9-2-3-11-38(32)55;1-26-10-4-5-16-12-27-24(28-13-16)32-17-8-9-18(32)15-31(14-17)21-11-20(29-30-23(21)25)19-6-2-3-7-22(19)33;23-10-2-3-12-5-6-15-14(11-12)13-4-1-9-20-18(13)22(15)16-7-8-17(24)21-19(16)25;/h2-4,9-12,15,18,21-24,29-30,36,55H,5-8,13-14,16-17,19-20,25-26H2,1H3,(H2,44,50)(H,48,56,57);2-3,6-7,11-13,17-18,26,33H,4-5,8-10,14-15H2,1H3,(H2,25,30);1,4-6,9-11,16H,2-3,7-8H2,(H,21,24,25);1H4. The van der Waals surface area contributed by atoms with Crippen LogP contribution in [0.4, 0.5) is 34.9 Å². The maximum absolute atomic E-state index is 12.8. The first-order valence-corrected chi connectivity index (χ1v) is 39.8. The number of nitrogens with zero attached hydrogens (tertiary/aromatic N) is 17. The van der Waals surface area contributed by atoms with Crippen LogP contribution in [0.1, 0.15) is 119 Å². The molecule has 6 aliphatic rings. The second-order valence-electron chi connectivity index (χ2n) is 30.8. The highest BCUT2D eigenvalue weighted by atomic mass is 16.3. The Kier molecular flexibility index (Phi) is 23.7. The molecule has 29 nitrogen and oxygen atoms in total. The van der Waals surface area contributed by atoms with Crippen molar-refractivity contribution in [3.05, 3.63) is 181 Å². The van der Waals surface area contributed by atoms with Crippen LogP contribution in [0.15, 0.2) is 159 Å². The number of carbonyl (C=O) groups excluding carboxylic acids is 5. The molecule has 29 heteroatoms. The molecule has 18 rings (SSSR count). The van der Waals surface area contributed by atoms with Gasteiger partial charge in [0.15, 0.2) is 11.6 Å². The number of nitrogens with two attached hydrogens (primary N) is 2. The van der Waals surface area contributed by atoms with Crippen LogP contribution >= 0.6 is 0 Å². The zero-order chi connectivity index (χ0) is 79.2. The van der Waals surface area contributed by atoms with Gasteiger partial charge in [0.1, 0.15) is 41.2 Å². The fourth-order valence-electron chi connectivity index (χ4n) is 17.6. The average molecular weight is 1560 g/mol. The molecule has 0 radical (unpaired) electrons. The summed E-state index contributed by atoms with van der Waals surface area (Å²) in [5.41, 5.74) is 24.8. The van der Waals surface area contributed by atoms with Gasteiger partial charge in [-0.15, -0.1) is 20.4 Å². The number of imide groups is 2. The van der Waals surface area contributed by atoms with Crippen molar-refractivity contribution in [2.75, 3.05) is 91.0 Å². The number of amides is 4. The van der Waals surface area contributed by atoms with Crippen molar-refractivity contribution in [1.82, 2.24) is 80.3 Å². The van der Waals surface area contributed by atoms with Gasteiger partial charge in [-0.05, 0) is 224 Å². The number of carbonyl (C=O) groups is 5. The van der Waals surface area contributed by atoms with Gasteiger partial charge in [-0.25, -0.2) is 29.9 Å². The summed E-state index contributed by atoms with van der Waals surface area (Å²) in [7, 11) is 4.15. The van der Waals surface area contributed by atoms with E-state index >= 15 is 0 Å². The molecule has 6 aliphatic heterocycles. The quantitative estimate of drug-likeness (QED) is 0.0178. The molecule has 4 aromatic carbocycles. The van der Waals surface area contributed by atoms with Crippen LogP contribution in [0, 0.1) is 0 Å². The number of phenolic OH excluding ortho intramolecular Hbond substituents is 2. The van der Waals surface area contributed by atoms with Gasteiger partial charge in [-0.2, -0.15) is 0 Å². The number of aryl methyl sites for hydroxylation is 4. The highest BCUT2D eigenvalue weighted by molar-refractivity contribution is 6.10. The number of nitrogens with one attached hydrogen (secondary N) is 3. The molecule has 6 unspecified atom stereocenters. The highest BCUT2D eigenvalue weighted by Gasteiger charge is 2.44. The minimum Gasteiger partial charge on any atom is -0.507 e. The van der Waals surface area contributed by atoms with Crippen molar-refractivity contribution in [1.29, 1.82) is 0 Å². The number of pyridine rings is 2. The molecule has 6 saturated heterocycles. The molecule has 0 aliphatic carbocycles. The summed E-state index contributed by atoms with van der Waals surface area (Å²) < 4.78 is 3.93. The Morgan fingerprint density at radius 2 is 0.922 bits per heavy atom. The van der Waals surface area contributed by atoms with Gasteiger partial charge in [0.05, 0.1) is 33.8 Å². The molecular weight excluding hydrogens is 1470 g/mol. The van der Waals surface area contributed by atoms with Crippen molar-refractivity contribution < 1.29 is 34.2 Å². The summed E-state index contributed by atoms with van der Waals surface area (Å²) in [6.07, 6.45) is 25.3. The maximum atomic E-state index is 12.8. The molecular formula is C87H98N22O7. The number of aromatic hydroxyl groups is 2. The van der Waals surface area contributed by atoms with E-state index in [0.29, 0.717) is 84.8 Å². The molecule has 4 bridgehead atoms. The van der Waals surface area contributed by atoms with Crippen LogP contribution in [0.25, 0.3) is 66.4 Å². The Balaban J connectivity index is 0.000000151. The third-order valence-electron chi connectivity index (χ3n) is 23.2. The van der Waals surface area contributed by atoms with Crippen molar-refractivity contribution >= 4 is 109 Å². The van der Waals surface area contributed by atoms with Gasteiger partial charge < -0.3 is 65.4 Å². The van der Waals surface area contributed by atoms with Gasteiger partial charge in [0.2, 0.25) is 35.5 Å². The number of nitrogen functional groups attached to an aromatic ring is 2. The van der Waals surface area contributed by atoms with E-state index in [1.165, 1.54) is 11.1 Å². The zero-order valence-corrected chi connectivity index (χ0v) is 64.5. The van der Waals surface area contributed by atoms with E-state index < -0.39 is 12.1 Å². The topological polar surface area (TPSA) is 369 Å². The first kappa shape index (κ1) is 78.6. The largest absolute Gasteiger partial charge is 0.507 e.